The van der Waals surface area contributed by atoms with E-state index in [0.29, 0.717) is 17.3 Å². The SMILES string of the molecule is CC(C)n1ncc(Cl)c1C(O)C1(C)CCCO1. The molecule has 0 bridgehead atoms. The molecule has 2 heterocycles. The van der Waals surface area contributed by atoms with Crippen LogP contribution in [0.3, 0.4) is 0 Å². The minimum Gasteiger partial charge on any atom is -0.384 e. The van der Waals surface area contributed by atoms with Crippen molar-refractivity contribution in [3.05, 3.63) is 16.9 Å². The minimum absolute atomic E-state index is 0.164. The number of hydrogen-bond donors (Lipinski definition) is 1. The second-order valence-electron chi connectivity index (χ2n) is 5.08. The molecule has 0 aromatic carbocycles. The summed E-state index contributed by atoms with van der Waals surface area (Å²) in [6.45, 7) is 6.65. The van der Waals surface area contributed by atoms with E-state index in [-0.39, 0.29) is 6.04 Å². The number of aliphatic hydroxyl groups is 1. The number of ether oxygens (including phenoxy) is 1. The predicted molar refractivity (Wildman–Crippen MR) is 66.2 cm³/mol. The number of halogens is 1. The van der Waals surface area contributed by atoms with Crippen molar-refractivity contribution in [1.29, 1.82) is 0 Å². The lowest BCUT2D eigenvalue weighted by molar-refractivity contribution is -0.0831. The van der Waals surface area contributed by atoms with Gasteiger partial charge in [0, 0.05) is 12.6 Å². The van der Waals surface area contributed by atoms with Crippen LogP contribution in [0.2, 0.25) is 5.02 Å². The molecule has 0 spiro atoms. The Morgan fingerprint density at radius 1 is 1.59 bits per heavy atom. The highest BCUT2D eigenvalue weighted by atomic mass is 35.5. The molecule has 1 aromatic heterocycles. The molecule has 4 nitrogen and oxygen atoms in total. The van der Waals surface area contributed by atoms with Crippen LogP contribution in [0.1, 0.15) is 51.5 Å². The van der Waals surface area contributed by atoms with Gasteiger partial charge in [-0.2, -0.15) is 5.10 Å². The molecule has 0 radical (unpaired) electrons. The van der Waals surface area contributed by atoms with Crippen molar-refractivity contribution < 1.29 is 9.84 Å². The maximum atomic E-state index is 10.5. The topological polar surface area (TPSA) is 47.3 Å². The van der Waals surface area contributed by atoms with E-state index in [1.54, 1.807) is 10.9 Å². The number of rotatable bonds is 3. The van der Waals surface area contributed by atoms with Gasteiger partial charge < -0.3 is 9.84 Å². The fraction of sp³-hybridized carbons (Fsp3) is 0.750. The third kappa shape index (κ3) is 2.21. The van der Waals surface area contributed by atoms with Crippen molar-refractivity contribution >= 4 is 11.6 Å². The molecule has 1 saturated heterocycles. The molecule has 2 rings (SSSR count). The summed E-state index contributed by atoms with van der Waals surface area (Å²) >= 11 is 6.13. The summed E-state index contributed by atoms with van der Waals surface area (Å²) in [6, 6.07) is 0.164. The van der Waals surface area contributed by atoms with Crippen LogP contribution in [0.4, 0.5) is 0 Å². The Morgan fingerprint density at radius 3 is 2.82 bits per heavy atom. The molecule has 1 aromatic rings. The van der Waals surface area contributed by atoms with Crippen LogP contribution in [0.25, 0.3) is 0 Å². The van der Waals surface area contributed by atoms with Crippen LogP contribution >= 0.6 is 11.6 Å². The lowest BCUT2D eigenvalue weighted by atomic mass is 9.93. The third-order valence-corrected chi connectivity index (χ3v) is 3.65. The molecule has 5 heteroatoms. The van der Waals surface area contributed by atoms with Crippen molar-refractivity contribution in [1.82, 2.24) is 9.78 Å². The molecular weight excluding hydrogens is 240 g/mol. The lowest BCUT2D eigenvalue weighted by Crippen LogP contribution is -2.33. The molecule has 0 amide bonds. The average Bonchev–Trinajstić information content (AvgIpc) is 2.85. The Balaban J connectivity index is 2.36. The zero-order valence-electron chi connectivity index (χ0n) is 10.5. The molecule has 2 unspecified atom stereocenters. The van der Waals surface area contributed by atoms with E-state index in [9.17, 15) is 5.11 Å². The first-order valence-corrected chi connectivity index (χ1v) is 6.38. The first-order valence-electron chi connectivity index (χ1n) is 6.00. The van der Waals surface area contributed by atoms with Crippen LogP contribution in [0.15, 0.2) is 6.20 Å². The summed E-state index contributed by atoms with van der Waals surface area (Å²) in [5.41, 5.74) is 0.113. The first-order chi connectivity index (χ1) is 7.96. The predicted octanol–water partition coefficient (Wildman–Crippen LogP) is 2.72. The van der Waals surface area contributed by atoms with Crippen molar-refractivity contribution in [2.24, 2.45) is 0 Å². The number of aromatic nitrogens is 2. The normalized spacial score (nSPS) is 26.7. The molecule has 17 heavy (non-hydrogen) atoms. The zero-order chi connectivity index (χ0) is 12.6. The lowest BCUT2D eigenvalue weighted by Gasteiger charge is -2.30. The van der Waals surface area contributed by atoms with E-state index < -0.39 is 11.7 Å². The van der Waals surface area contributed by atoms with E-state index >= 15 is 0 Å². The molecule has 1 aliphatic rings. The van der Waals surface area contributed by atoms with Crippen LogP contribution in [0, 0.1) is 0 Å². The second kappa shape index (κ2) is 4.59. The van der Waals surface area contributed by atoms with E-state index in [1.165, 1.54) is 0 Å². The highest BCUT2D eigenvalue weighted by molar-refractivity contribution is 6.31. The van der Waals surface area contributed by atoms with Gasteiger partial charge in [0.15, 0.2) is 0 Å². The molecule has 1 N–H and O–H groups in total. The summed E-state index contributed by atoms with van der Waals surface area (Å²) in [5.74, 6) is 0. The van der Waals surface area contributed by atoms with E-state index in [0.717, 1.165) is 12.8 Å². The summed E-state index contributed by atoms with van der Waals surface area (Å²) in [7, 11) is 0. The highest BCUT2D eigenvalue weighted by Crippen LogP contribution is 2.40. The summed E-state index contributed by atoms with van der Waals surface area (Å²) in [6.07, 6.45) is 2.66. The van der Waals surface area contributed by atoms with Gasteiger partial charge in [0.2, 0.25) is 0 Å². The Kier molecular flexibility index (Phi) is 3.48. The second-order valence-corrected chi connectivity index (χ2v) is 5.49. The summed E-state index contributed by atoms with van der Waals surface area (Å²) in [5, 5.41) is 15.2. The maximum absolute atomic E-state index is 10.5. The maximum Gasteiger partial charge on any atom is 0.126 e. The number of hydrogen-bond acceptors (Lipinski definition) is 3. The van der Waals surface area contributed by atoms with E-state index in [2.05, 4.69) is 5.10 Å². The first kappa shape index (κ1) is 12.9. The van der Waals surface area contributed by atoms with Gasteiger partial charge in [0.25, 0.3) is 0 Å². The Bertz CT molecular complexity index is 397. The molecule has 96 valence electrons. The molecule has 2 atom stereocenters. The van der Waals surface area contributed by atoms with Gasteiger partial charge in [-0.05, 0) is 33.6 Å². The van der Waals surface area contributed by atoms with E-state index in [4.69, 9.17) is 16.3 Å². The van der Waals surface area contributed by atoms with E-state index in [1.807, 2.05) is 20.8 Å². The van der Waals surface area contributed by atoms with Gasteiger partial charge in [-0.15, -0.1) is 0 Å². The fourth-order valence-corrected chi connectivity index (χ4v) is 2.56. The van der Waals surface area contributed by atoms with Gasteiger partial charge in [-0.3, -0.25) is 4.68 Å². The van der Waals surface area contributed by atoms with Crippen molar-refractivity contribution in [2.45, 2.75) is 51.4 Å². The number of nitrogens with zero attached hydrogens (tertiary/aromatic N) is 2. The number of aliphatic hydroxyl groups excluding tert-OH is 1. The summed E-state index contributed by atoms with van der Waals surface area (Å²) < 4.78 is 7.43. The van der Waals surface area contributed by atoms with Crippen molar-refractivity contribution in [3.8, 4) is 0 Å². The smallest absolute Gasteiger partial charge is 0.126 e. The van der Waals surface area contributed by atoms with Crippen LogP contribution < -0.4 is 0 Å². The zero-order valence-corrected chi connectivity index (χ0v) is 11.2. The summed E-state index contributed by atoms with van der Waals surface area (Å²) in [4.78, 5) is 0. The van der Waals surface area contributed by atoms with Crippen molar-refractivity contribution in [2.75, 3.05) is 6.61 Å². The van der Waals surface area contributed by atoms with Gasteiger partial charge in [0.1, 0.15) is 6.10 Å². The van der Waals surface area contributed by atoms with Crippen LogP contribution in [0.5, 0.6) is 0 Å². The molecular formula is C12H19ClN2O2. The fourth-order valence-electron chi connectivity index (χ4n) is 2.32. The monoisotopic (exact) mass is 258 g/mol. The Morgan fingerprint density at radius 2 is 2.29 bits per heavy atom. The Labute approximate surface area is 107 Å². The van der Waals surface area contributed by atoms with Gasteiger partial charge in [-0.25, -0.2) is 0 Å². The van der Waals surface area contributed by atoms with Gasteiger partial charge >= 0.3 is 0 Å². The Hall–Kier alpha value is -0.580. The third-order valence-electron chi connectivity index (χ3n) is 3.36. The quantitative estimate of drug-likeness (QED) is 0.907. The largest absolute Gasteiger partial charge is 0.384 e. The van der Waals surface area contributed by atoms with Crippen molar-refractivity contribution in [3.63, 3.8) is 0 Å². The molecule has 0 saturated carbocycles. The minimum atomic E-state index is -0.734. The van der Waals surface area contributed by atoms with Crippen LogP contribution in [-0.4, -0.2) is 27.1 Å². The van der Waals surface area contributed by atoms with Gasteiger partial charge in [0.05, 0.1) is 22.5 Å². The molecule has 1 fully saturated rings. The van der Waals surface area contributed by atoms with Crippen LogP contribution in [-0.2, 0) is 4.74 Å². The highest BCUT2D eigenvalue weighted by Gasteiger charge is 2.41. The van der Waals surface area contributed by atoms with Gasteiger partial charge in [-0.1, -0.05) is 11.6 Å². The molecule has 1 aliphatic heterocycles. The standard InChI is InChI=1S/C12H19ClN2O2/c1-8(2)15-10(9(13)7-14-15)11(16)12(3)5-4-6-17-12/h7-8,11,16H,4-6H2,1-3H3. The average molecular weight is 259 g/mol. The molecule has 0 aliphatic carbocycles.